The summed E-state index contributed by atoms with van der Waals surface area (Å²) in [5.41, 5.74) is 0.777. The van der Waals surface area contributed by atoms with Gasteiger partial charge < -0.3 is 14.2 Å². The van der Waals surface area contributed by atoms with Crippen LogP contribution in [-0.4, -0.2) is 43.5 Å². The summed E-state index contributed by atoms with van der Waals surface area (Å²) in [5, 5.41) is 0.457. The third kappa shape index (κ3) is 5.72. The molecule has 1 aromatic rings. The molecule has 0 N–H and O–H groups in total. The zero-order chi connectivity index (χ0) is 14.1. The summed E-state index contributed by atoms with van der Waals surface area (Å²) < 4.78 is 15.9. The molecule has 0 aliphatic rings. The molecule has 0 aliphatic heterocycles. The van der Waals surface area contributed by atoms with Gasteiger partial charge in [0, 0.05) is 32.1 Å². The van der Waals surface area contributed by atoms with Gasteiger partial charge in [-0.25, -0.2) is 4.98 Å². The van der Waals surface area contributed by atoms with E-state index in [1.165, 1.54) is 0 Å². The highest BCUT2D eigenvalue weighted by molar-refractivity contribution is 6.30. The molecule has 0 aromatic carbocycles. The highest BCUT2D eigenvalue weighted by Crippen LogP contribution is 2.22. The van der Waals surface area contributed by atoms with E-state index in [2.05, 4.69) is 9.97 Å². The Balaban J connectivity index is 2.34. The first-order chi connectivity index (χ1) is 9.19. The summed E-state index contributed by atoms with van der Waals surface area (Å²) in [4.78, 5) is 8.49. The standard InChI is InChI=1S/C13H21ClN2O3/c1-4-11-15-12(14)10(2)13(16-11)19-7-5-6-18-9-8-17-3/h4-9H2,1-3H3. The molecule has 0 atom stereocenters. The van der Waals surface area contributed by atoms with Gasteiger partial charge in [0.2, 0.25) is 5.88 Å². The van der Waals surface area contributed by atoms with E-state index in [-0.39, 0.29) is 0 Å². The highest BCUT2D eigenvalue weighted by Gasteiger charge is 2.09. The SMILES string of the molecule is CCc1nc(Cl)c(C)c(OCCCOCCOC)n1. The molecule has 0 aliphatic carbocycles. The van der Waals surface area contributed by atoms with E-state index in [1.54, 1.807) is 7.11 Å². The predicted octanol–water partition coefficient (Wildman–Crippen LogP) is 2.43. The van der Waals surface area contributed by atoms with E-state index < -0.39 is 0 Å². The Bertz CT molecular complexity index is 388. The van der Waals surface area contributed by atoms with Crippen molar-refractivity contribution in [3.63, 3.8) is 0 Å². The second-order valence-electron chi connectivity index (χ2n) is 4.02. The van der Waals surface area contributed by atoms with Gasteiger partial charge in [0.1, 0.15) is 11.0 Å². The van der Waals surface area contributed by atoms with Gasteiger partial charge >= 0.3 is 0 Å². The fraction of sp³-hybridized carbons (Fsp3) is 0.692. The normalized spacial score (nSPS) is 10.7. The monoisotopic (exact) mass is 288 g/mol. The van der Waals surface area contributed by atoms with E-state index in [9.17, 15) is 0 Å². The Morgan fingerprint density at radius 3 is 2.58 bits per heavy atom. The molecule has 0 radical (unpaired) electrons. The van der Waals surface area contributed by atoms with Gasteiger partial charge in [-0.3, -0.25) is 0 Å². The molecule has 0 bridgehead atoms. The minimum Gasteiger partial charge on any atom is -0.477 e. The van der Waals surface area contributed by atoms with Crippen molar-refractivity contribution in [1.82, 2.24) is 9.97 Å². The molecule has 0 saturated carbocycles. The average Bonchev–Trinajstić information content (AvgIpc) is 2.42. The molecule has 1 heterocycles. The van der Waals surface area contributed by atoms with Gasteiger partial charge in [0.25, 0.3) is 0 Å². The summed E-state index contributed by atoms with van der Waals surface area (Å²) in [5.74, 6) is 1.26. The van der Waals surface area contributed by atoms with Crippen molar-refractivity contribution in [1.29, 1.82) is 0 Å². The number of nitrogens with zero attached hydrogens (tertiary/aromatic N) is 2. The van der Waals surface area contributed by atoms with E-state index >= 15 is 0 Å². The van der Waals surface area contributed by atoms with Crippen LogP contribution in [0.3, 0.4) is 0 Å². The van der Waals surface area contributed by atoms with Crippen LogP contribution in [0.25, 0.3) is 0 Å². The Morgan fingerprint density at radius 2 is 1.89 bits per heavy atom. The maximum absolute atomic E-state index is 6.03. The summed E-state index contributed by atoms with van der Waals surface area (Å²) in [7, 11) is 1.65. The fourth-order valence-electron chi connectivity index (χ4n) is 1.38. The molecule has 0 amide bonds. The van der Waals surface area contributed by atoms with Gasteiger partial charge in [0.15, 0.2) is 0 Å². The number of ether oxygens (including phenoxy) is 3. The van der Waals surface area contributed by atoms with Crippen LogP contribution in [0, 0.1) is 6.92 Å². The number of hydrogen-bond acceptors (Lipinski definition) is 5. The van der Waals surface area contributed by atoms with Gasteiger partial charge in [-0.1, -0.05) is 18.5 Å². The first-order valence-electron chi connectivity index (χ1n) is 6.41. The van der Waals surface area contributed by atoms with E-state index in [4.69, 9.17) is 25.8 Å². The van der Waals surface area contributed by atoms with Crippen molar-refractivity contribution in [3.05, 3.63) is 16.5 Å². The molecule has 0 fully saturated rings. The molecular formula is C13H21ClN2O3. The first-order valence-corrected chi connectivity index (χ1v) is 6.79. The van der Waals surface area contributed by atoms with Gasteiger partial charge in [0.05, 0.1) is 19.8 Å². The third-order valence-electron chi connectivity index (χ3n) is 2.51. The number of halogens is 1. The van der Waals surface area contributed by atoms with Crippen LogP contribution in [0.5, 0.6) is 5.88 Å². The van der Waals surface area contributed by atoms with E-state index in [0.29, 0.717) is 43.3 Å². The Hall–Kier alpha value is -0.910. The van der Waals surface area contributed by atoms with Crippen LogP contribution < -0.4 is 4.74 Å². The van der Waals surface area contributed by atoms with Crippen molar-refractivity contribution in [3.8, 4) is 5.88 Å². The van der Waals surface area contributed by atoms with E-state index in [1.807, 2.05) is 13.8 Å². The smallest absolute Gasteiger partial charge is 0.221 e. The Kier molecular flexibility index (Phi) is 7.70. The first kappa shape index (κ1) is 16.1. The van der Waals surface area contributed by atoms with Gasteiger partial charge in [-0.2, -0.15) is 4.98 Å². The maximum atomic E-state index is 6.03. The lowest BCUT2D eigenvalue weighted by Gasteiger charge is -2.10. The predicted molar refractivity (Wildman–Crippen MR) is 74.0 cm³/mol. The van der Waals surface area contributed by atoms with Crippen molar-refractivity contribution >= 4 is 11.6 Å². The second-order valence-corrected chi connectivity index (χ2v) is 4.38. The zero-order valence-electron chi connectivity index (χ0n) is 11.7. The molecular weight excluding hydrogens is 268 g/mol. The molecule has 0 saturated heterocycles. The van der Waals surface area contributed by atoms with Gasteiger partial charge in [-0.05, 0) is 6.92 Å². The van der Waals surface area contributed by atoms with Crippen molar-refractivity contribution in [2.75, 3.05) is 33.5 Å². The third-order valence-corrected chi connectivity index (χ3v) is 2.88. The molecule has 19 heavy (non-hydrogen) atoms. The Labute approximate surface area is 119 Å². The highest BCUT2D eigenvalue weighted by atomic mass is 35.5. The fourth-order valence-corrected chi connectivity index (χ4v) is 1.56. The molecule has 0 spiro atoms. The topological polar surface area (TPSA) is 53.5 Å². The lowest BCUT2D eigenvalue weighted by molar-refractivity contribution is 0.0641. The van der Waals surface area contributed by atoms with Crippen LogP contribution >= 0.6 is 11.6 Å². The van der Waals surface area contributed by atoms with Crippen LogP contribution in [0.15, 0.2) is 0 Å². The van der Waals surface area contributed by atoms with Crippen LogP contribution in [0.2, 0.25) is 5.15 Å². The lowest BCUT2D eigenvalue weighted by Crippen LogP contribution is -2.09. The largest absolute Gasteiger partial charge is 0.477 e. The summed E-state index contributed by atoms with van der Waals surface area (Å²) in [6, 6.07) is 0. The number of hydrogen-bond donors (Lipinski definition) is 0. The average molecular weight is 289 g/mol. The van der Waals surface area contributed by atoms with Gasteiger partial charge in [-0.15, -0.1) is 0 Å². The number of rotatable bonds is 9. The summed E-state index contributed by atoms with van der Waals surface area (Å²) in [6.07, 6.45) is 1.53. The molecule has 1 rings (SSSR count). The molecule has 108 valence electrons. The van der Waals surface area contributed by atoms with Crippen LogP contribution in [0.1, 0.15) is 24.7 Å². The van der Waals surface area contributed by atoms with E-state index in [0.717, 1.165) is 18.4 Å². The summed E-state index contributed by atoms with van der Waals surface area (Å²) in [6.45, 7) is 6.24. The zero-order valence-corrected chi connectivity index (χ0v) is 12.5. The second kappa shape index (κ2) is 9.07. The molecule has 6 heteroatoms. The van der Waals surface area contributed by atoms with Crippen molar-refractivity contribution in [2.45, 2.75) is 26.7 Å². The van der Waals surface area contributed by atoms with Crippen molar-refractivity contribution in [2.24, 2.45) is 0 Å². The minimum atomic E-state index is 0.457. The number of methoxy groups -OCH3 is 1. The number of aromatic nitrogens is 2. The molecule has 5 nitrogen and oxygen atoms in total. The molecule has 1 aromatic heterocycles. The lowest BCUT2D eigenvalue weighted by atomic mass is 10.3. The van der Waals surface area contributed by atoms with Crippen LogP contribution in [-0.2, 0) is 15.9 Å². The molecule has 0 unspecified atom stereocenters. The van der Waals surface area contributed by atoms with Crippen LogP contribution in [0.4, 0.5) is 0 Å². The Morgan fingerprint density at radius 1 is 1.11 bits per heavy atom. The van der Waals surface area contributed by atoms with Crippen molar-refractivity contribution < 1.29 is 14.2 Å². The number of aryl methyl sites for hydroxylation is 1. The quantitative estimate of drug-likeness (QED) is 0.516. The summed E-state index contributed by atoms with van der Waals surface area (Å²) >= 11 is 6.03. The minimum absolute atomic E-state index is 0.457. The maximum Gasteiger partial charge on any atom is 0.221 e.